The zero-order chi connectivity index (χ0) is 11.5. The minimum atomic E-state index is 0.230. The van der Waals surface area contributed by atoms with Crippen LogP contribution in [-0.4, -0.2) is 0 Å². The number of hydrogen-bond acceptors (Lipinski definition) is 0. The van der Waals surface area contributed by atoms with E-state index in [9.17, 15) is 0 Å². The van der Waals surface area contributed by atoms with Gasteiger partial charge in [-0.25, -0.2) is 0 Å². The third kappa shape index (κ3) is 3.13. The lowest BCUT2D eigenvalue weighted by Gasteiger charge is -2.20. The maximum Gasteiger partial charge on any atom is 0.0152 e. The van der Waals surface area contributed by atoms with Gasteiger partial charge in [0.2, 0.25) is 0 Å². The fourth-order valence-electron chi connectivity index (χ4n) is 1.61. The molecule has 15 heavy (non-hydrogen) atoms. The van der Waals surface area contributed by atoms with E-state index in [2.05, 4.69) is 57.9 Å². The van der Waals surface area contributed by atoms with Crippen molar-refractivity contribution in [1.82, 2.24) is 0 Å². The Labute approximate surface area is 93.7 Å². The highest BCUT2D eigenvalue weighted by Crippen LogP contribution is 2.25. The highest BCUT2D eigenvalue weighted by atomic mass is 14.2. The molecule has 0 aromatic heterocycles. The smallest absolute Gasteiger partial charge is 0.0152 e. The molecule has 0 radical (unpaired) electrons. The maximum atomic E-state index is 5.32. The van der Waals surface area contributed by atoms with Crippen LogP contribution in [0.2, 0.25) is 0 Å². The van der Waals surface area contributed by atoms with Gasteiger partial charge in [0.25, 0.3) is 0 Å². The van der Waals surface area contributed by atoms with Gasteiger partial charge in [0.1, 0.15) is 0 Å². The van der Waals surface area contributed by atoms with E-state index in [4.69, 9.17) is 6.42 Å². The molecule has 80 valence electrons. The fraction of sp³-hybridized carbons (Fsp3) is 0.467. The first-order valence-corrected chi connectivity index (χ1v) is 5.49. The molecule has 1 unspecified atom stereocenters. The Hall–Kier alpha value is -1.22. The van der Waals surface area contributed by atoms with Crippen molar-refractivity contribution in [3.63, 3.8) is 0 Å². The second kappa shape index (κ2) is 4.53. The molecule has 1 aromatic rings. The summed E-state index contributed by atoms with van der Waals surface area (Å²) in [5.41, 5.74) is 2.94. The van der Waals surface area contributed by atoms with Crippen molar-refractivity contribution in [3.8, 4) is 12.3 Å². The minimum absolute atomic E-state index is 0.230. The molecule has 1 aromatic carbocycles. The van der Waals surface area contributed by atoms with E-state index in [-0.39, 0.29) is 5.41 Å². The summed E-state index contributed by atoms with van der Waals surface area (Å²) in [5.74, 6) is 3.17. The molecule has 0 heterocycles. The first kappa shape index (κ1) is 11.9. The molecular weight excluding hydrogens is 180 g/mol. The van der Waals surface area contributed by atoms with Crippen LogP contribution in [0.25, 0.3) is 0 Å². The number of hydrogen-bond donors (Lipinski definition) is 0. The van der Waals surface area contributed by atoms with E-state index in [0.29, 0.717) is 5.92 Å². The Bertz CT molecular complexity index is 343. The van der Waals surface area contributed by atoms with Crippen molar-refractivity contribution in [2.24, 2.45) is 0 Å². The van der Waals surface area contributed by atoms with Crippen molar-refractivity contribution in [2.45, 2.75) is 45.4 Å². The number of rotatable bonds is 2. The standard InChI is InChI=1S/C15H20/c1-6-7-12(2)13-8-10-14(11-9-13)15(3,4)5/h1,8-12H,7H2,2-5H3. The van der Waals surface area contributed by atoms with Gasteiger partial charge in [-0.05, 0) is 22.5 Å². The topological polar surface area (TPSA) is 0 Å². The van der Waals surface area contributed by atoms with Gasteiger partial charge in [-0.15, -0.1) is 12.3 Å². The Kier molecular flexibility index (Phi) is 3.58. The fourth-order valence-corrected chi connectivity index (χ4v) is 1.61. The molecular formula is C15H20. The predicted molar refractivity (Wildman–Crippen MR) is 67.0 cm³/mol. The molecule has 0 N–H and O–H groups in total. The zero-order valence-corrected chi connectivity index (χ0v) is 10.2. The van der Waals surface area contributed by atoms with Gasteiger partial charge < -0.3 is 0 Å². The molecule has 0 aliphatic carbocycles. The van der Waals surface area contributed by atoms with E-state index in [1.54, 1.807) is 0 Å². The van der Waals surface area contributed by atoms with Crippen LogP contribution in [0.5, 0.6) is 0 Å². The molecule has 0 bridgehead atoms. The molecule has 1 rings (SSSR count). The van der Waals surface area contributed by atoms with Crippen molar-refractivity contribution in [3.05, 3.63) is 35.4 Å². The van der Waals surface area contributed by atoms with Crippen LogP contribution < -0.4 is 0 Å². The molecule has 0 amide bonds. The monoisotopic (exact) mass is 200 g/mol. The van der Waals surface area contributed by atoms with Crippen LogP contribution in [0, 0.1) is 12.3 Å². The number of benzene rings is 1. The van der Waals surface area contributed by atoms with Crippen LogP contribution in [0.15, 0.2) is 24.3 Å². The molecule has 0 aliphatic heterocycles. The molecule has 0 saturated carbocycles. The van der Waals surface area contributed by atoms with Crippen molar-refractivity contribution in [2.75, 3.05) is 0 Å². The largest absolute Gasteiger partial charge is 0.120 e. The van der Waals surface area contributed by atoms with Crippen LogP contribution in [0.1, 0.15) is 51.2 Å². The quantitative estimate of drug-likeness (QED) is 0.630. The van der Waals surface area contributed by atoms with E-state index < -0.39 is 0 Å². The third-order valence-electron chi connectivity index (χ3n) is 2.77. The second-order valence-corrected chi connectivity index (χ2v) is 5.18. The summed E-state index contributed by atoms with van der Waals surface area (Å²) < 4.78 is 0. The zero-order valence-electron chi connectivity index (χ0n) is 10.2. The highest BCUT2D eigenvalue weighted by molar-refractivity contribution is 5.29. The lowest BCUT2D eigenvalue weighted by molar-refractivity contribution is 0.589. The summed E-state index contributed by atoms with van der Waals surface area (Å²) in [6.45, 7) is 8.86. The van der Waals surface area contributed by atoms with E-state index in [0.717, 1.165) is 6.42 Å². The van der Waals surface area contributed by atoms with E-state index >= 15 is 0 Å². The Morgan fingerprint density at radius 3 is 2.13 bits per heavy atom. The predicted octanol–water partition coefficient (Wildman–Crippen LogP) is 4.11. The molecule has 0 aliphatic rings. The van der Waals surface area contributed by atoms with Crippen LogP contribution >= 0.6 is 0 Å². The van der Waals surface area contributed by atoms with Gasteiger partial charge >= 0.3 is 0 Å². The average Bonchev–Trinajstić information content (AvgIpc) is 2.17. The molecule has 0 spiro atoms. The molecule has 0 fully saturated rings. The molecule has 0 nitrogen and oxygen atoms in total. The molecule has 1 atom stereocenters. The highest BCUT2D eigenvalue weighted by Gasteiger charge is 2.13. The Balaban J connectivity index is 2.87. The third-order valence-corrected chi connectivity index (χ3v) is 2.77. The summed E-state index contributed by atoms with van der Waals surface area (Å²) >= 11 is 0. The van der Waals surface area contributed by atoms with Crippen LogP contribution in [0.4, 0.5) is 0 Å². The van der Waals surface area contributed by atoms with Gasteiger partial charge in [-0.2, -0.15) is 0 Å². The molecule has 0 heteroatoms. The van der Waals surface area contributed by atoms with Gasteiger partial charge in [0.15, 0.2) is 0 Å². The van der Waals surface area contributed by atoms with Crippen molar-refractivity contribution >= 4 is 0 Å². The van der Waals surface area contributed by atoms with E-state index in [1.807, 2.05) is 0 Å². The van der Waals surface area contributed by atoms with Gasteiger partial charge in [0, 0.05) is 6.42 Å². The van der Waals surface area contributed by atoms with Crippen LogP contribution in [-0.2, 0) is 5.41 Å². The van der Waals surface area contributed by atoms with Crippen molar-refractivity contribution < 1.29 is 0 Å². The Morgan fingerprint density at radius 2 is 1.73 bits per heavy atom. The van der Waals surface area contributed by atoms with Crippen molar-refractivity contribution in [1.29, 1.82) is 0 Å². The first-order valence-electron chi connectivity index (χ1n) is 5.49. The lowest BCUT2D eigenvalue weighted by Crippen LogP contribution is -2.10. The van der Waals surface area contributed by atoms with Crippen LogP contribution in [0.3, 0.4) is 0 Å². The summed E-state index contributed by atoms with van der Waals surface area (Å²) in [4.78, 5) is 0. The number of terminal acetylenes is 1. The average molecular weight is 200 g/mol. The van der Waals surface area contributed by atoms with Gasteiger partial charge in [-0.3, -0.25) is 0 Å². The maximum absolute atomic E-state index is 5.32. The Morgan fingerprint density at radius 1 is 1.20 bits per heavy atom. The van der Waals surface area contributed by atoms with E-state index in [1.165, 1.54) is 11.1 Å². The first-order chi connectivity index (χ1) is 6.95. The lowest BCUT2D eigenvalue weighted by atomic mass is 9.85. The minimum Gasteiger partial charge on any atom is -0.120 e. The normalized spacial score (nSPS) is 13.3. The summed E-state index contributed by atoms with van der Waals surface area (Å²) in [7, 11) is 0. The molecule has 0 saturated heterocycles. The SMILES string of the molecule is C#CCC(C)c1ccc(C(C)(C)C)cc1. The summed E-state index contributed by atoms with van der Waals surface area (Å²) in [5, 5.41) is 0. The second-order valence-electron chi connectivity index (χ2n) is 5.18. The van der Waals surface area contributed by atoms with Gasteiger partial charge in [0.05, 0.1) is 0 Å². The summed E-state index contributed by atoms with van der Waals surface area (Å²) in [6, 6.07) is 8.82. The van der Waals surface area contributed by atoms with Gasteiger partial charge in [-0.1, -0.05) is 52.0 Å². The summed E-state index contributed by atoms with van der Waals surface area (Å²) in [6.07, 6.45) is 6.13.